The highest BCUT2D eigenvalue weighted by atomic mass is 31.2. The fraction of sp³-hybridized carbons (Fsp3) is 0.879. The van der Waals surface area contributed by atoms with Crippen LogP contribution in [0.3, 0.4) is 0 Å². The van der Waals surface area contributed by atoms with E-state index in [-0.39, 0.29) is 30.6 Å². The van der Waals surface area contributed by atoms with E-state index in [9.17, 15) is 36.2 Å². The topological polar surface area (TPSA) is 130 Å². The van der Waals surface area contributed by atoms with E-state index >= 15 is 0 Å². The van der Waals surface area contributed by atoms with Crippen molar-refractivity contribution in [3.63, 3.8) is 0 Å². The van der Waals surface area contributed by atoms with Gasteiger partial charge in [-0.05, 0) is 70.6 Å². The van der Waals surface area contributed by atoms with Crippen LogP contribution < -0.4 is 0 Å². The Hall–Kier alpha value is -1.47. The van der Waals surface area contributed by atoms with Crippen LogP contribution in [0, 0.1) is 35.5 Å². The summed E-state index contributed by atoms with van der Waals surface area (Å²) in [5, 5.41) is 10.4. The SMILES string of the molecule is COP(=O)(OCC1=C(C(F)(F)F)O[C@@H]2O[C@@H](C)CCC3[C@H](C)CC[C@@H]1C32OO)OCC1=C(C(F)(F)F)O[C@@H]2OC3(C)CCC4[C@H](C)CC[C@@H]1[C@]42OO3. The number of hydrogen-bond acceptors (Lipinski definition) is 12. The van der Waals surface area contributed by atoms with E-state index in [4.69, 9.17) is 47.2 Å². The fourth-order valence-electron chi connectivity index (χ4n) is 10.0. The van der Waals surface area contributed by atoms with Crippen molar-refractivity contribution in [2.45, 2.75) is 127 Å². The number of ether oxygens (including phenoxy) is 4. The maximum atomic E-state index is 14.7. The van der Waals surface area contributed by atoms with Crippen LogP contribution in [0.5, 0.6) is 0 Å². The zero-order chi connectivity index (χ0) is 37.6. The van der Waals surface area contributed by atoms with Gasteiger partial charge in [0.05, 0.1) is 19.3 Å². The van der Waals surface area contributed by atoms with Crippen LogP contribution in [-0.2, 0) is 51.7 Å². The third-order valence-corrected chi connectivity index (χ3v) is 13.9. The Bertz CT molecular complexity index is 1430. The maximum Gasteiger partial charge on any atom is 0.475 e. The van der Waals surface area contributed by atoms with Gasteiger partial charge in [-0.1, -0.05) is 13.8 Å². The summed E-state index contributed by atoms with van der Waals surface area (Å²) in [5.41, 5.74) is -4.22. The van der Waals surface area contributed by atoms with Crippen molar-refractivity contribution < 1.29 is 83.3 Å². The van der Waals surface area contributed by atoms with Gasteiger partial charge in [-0.25, -0.2) is 19.2 Å². The van der Waals surface area contributed by atoms with Gasteiger partial charge >= 0.3 is 20.2 Å². The lowest BCUT2D eigenvalue weighted by molar-refractivity contribution is -0.557. The first-order valence-corrected chi connectivity index (χ1v) is 19.2. The molecular weight excluding hydrogens is 733 g/mol. The molecule has 1 spiro atoms. The number of alkyl halides is 6. The number of allylic oxidation sites excluding steroid dienone is 2. The second kappa shape index (κ2) is 13.3. The molecule has 1 N–H and O–H groups in total. The van der Waals surface area contributed by atoms with Crippen molar-refractivity contribution in [1.29, 1.82) is 0 Å². The van der Waals surface area contributed by atoms with Gasteiger partial charge in [0.1, 0.15) is 0 Å². The molecule has 296 valence electrons. The monoisotopic (exact) mass is 778 g/mol. The standard InChI is InChI=1S/C33H45F6O12P/c1-16-6-9-23-19(25(32(34,35)36)46-27-30(23,49-40)21(16)11-8-18(3)45-27)14-43-52(41,42-5)44-15-20-24-10-7-17(2)22-12-13-29(4)48-28(31(22,24)51-50-29)47-26(20)33(37,38)39/h16-18,21-24,27-28,40H,6-15H2,1-5H3/t16-,17-,18+,21?,22?,23+,24+,27+,28-,29?,30?,31-,52?/m1/s1. The van der Waals surface area contributed by atoms with Crippen molar-refractivity contribution in [2.24, 2.45) is 35.5 Å². The first-order chi connectivity index (χ1) is 24.3. The van der Waals surface area contributed by atoms with E-state index in [0.717, 1.165) is 7.11 Å². The number of hydrogen-bond donors (Lipinski definition) is 1. The van der Waals surface area contributed by atoms with Gasteiger partial charge in [0, 0.05) is 48.3 Å². The molecule has 0 radical (unpaired) electrons. The van der Waals surface area contributed by atoms with Crippen molar-refractivity contribution in [2.75, 3.05) is 20.3 Å². The van der Waals surface area contributed by atoms with Gasteiger partial charge in [0.2, 0.25) is 29.9 Å². The first kappa shape index (κ1) is 38.8. The summed E-state index contributed by atoms with van der Waals surface area (Å²) in [4.78, 5) is 16.7. The molecule has 13 atom stereocenters. The predicted molar refractivity (Wildman–Crippen MR) is 163 cm³/mol. The average molecular weight is 779 g/mol. The van der Waals surface area contributed by atoms with E-state index in [1.807, 2.05) is 13.8 Å². The van der Waals surface area contributed by atoms with Gasteiger partial charge in [-0.2, -0.15) is 26.3 Å². The van der Waals surface area contributed by atoms with E-state index in [0.29, 0.717) is 38.5 Å². The molecule has 6 heterocycles. The summed E-state index contributed by atoms with van der Waals surface area (Å²) in [6, 6.07) is 0. The Balaban J connectivity index is 1.20. The third-order valence-electron chi connectivity index (χ3n) is 12.6. The van der Waals surface area contributed by atoms with Crippen molar-refractivity contribution in [1.82, 2.24) is 0 Å². The van der Waals surface area contributed by atoms with Crippen LogP contribution in [-0.4, -0.2) is 73.6 Å². The number of halogens is 6. The van der Waals surface area contributed by atoms with Crippen LogP contribution in [0.1, 0.15) is 79.1 Å². The van der Waals surface area contributed by atoms with E-state index < -0.39 is 109 Å². The molecule has 2 saturated carbocycles. The van der Waals surface area contributed by atoms with Crippen molar-refractivity contribution in [3.05, 3.63) is 22.7 Å². The molecule has 0 aromatic carbocycles. The van der Waals surface area contributed by atoms with Crippen molar-refractivity contribution in [3.8, 4) is 0 Å². The molecule has 0 aromatic rings. The Morgan fingerprint density at radius 3 is 1.96 bits per heavy atom. The molecule has 19 heteroatoms. The second-order valence-corrected chi connectivity index (χ2v) is 17.3. The highest BCUT2D eigenvalue weighted by Gasteiger charge is 2.71. The largest absolute Gasteiger partial charge is 0.475 e. The number of rotatable bonds is 8. The summed E-state index contributed by atoms with van der Waals surface area (Å²) in [5.74, 6) is -7.32. The normalized spacial score (nSPS) is 44.5. The maximum absolute atomic E-state index is 14.7. The Labute approximate surface area is 296 Å². The van der Waals surface area contributed by atoms with Crippen LogP contribution in [0.25, 0.3) is 0 Å². The molecule has 8 rings (SSSR count). The van der Waals surface area contributed by atoms with Crippen LogP contribution in [0.2, 0.25) is 0 Å². The minimum absolute atomic E-state index is 0.00191. The molecule has 6 aliphatic heterocycles. The molecule has 8 aliphatic rings. The van der Waals surface area contributed by atoms with Gasteiger partial charge in [0.25, 0.3) is 0 Å². The minimum atomic E-state index is -5.08. The summed E-state index contributed by atoms with van der Waals surface area (Å²) in [6.45, 7) is 5.08. The highest BCUT2D eigenvalue weighted by molar-refractivity contribution is 7.48. The van der Waals surface area contributed by atoms with E-state index in [1.165, 1.54) is 0 Å². The molecule has 0 amide bonds. The van der Waals surface area contributed by atoms with E-state index in [1.54, 1.807) is 13.8 Å². The molecule has 5 unspecified atom stereocenters. The molecule has 12 nitrogen and oxygen atoms in total. The Morgan fingerprint density at radius 2 is 1.37 bits per heavy atom. The molecule has 2 bridgehead atoms. The van der Waals surface area contributed by atoms with Crippen LogP contribution in [0.4, 0.5) is 26.3 Å². The second-order valence-electron chi connectivity index (χ2n) is 15.5. The Morgan fingerprint density at radius 1 is 0.788 bits per heavy atom. The van der Waals surface area contributed by atoms with E-state index in [2.05, 4.69) is 0 Å². The third kappa shape index (κ3) is 6.15. The minimum Gasteiger partial charge on any atom is -0.456 e. The molecule has 52 heavy (non-hydrogen) atoms. The summed E-state index contributed by atoms with van der Waals surface area (Å²) in [6.07, 6.45) is -10.7. The first-order valence-electron chi connectivity index (χ1n) is 17.7. The molecular formula is C33H45F6O12P. The number of fused-ring (bicyclic) bond motifs is 2. The Kier molecular flexibility index (Phi) is 9.95. The number of phosphoric acid groups is 1. The molecule has 0 aromatic heterocycles. The smallest absolute Gasteiger partial charge is 0.456 e. The summed E-state index contributed by atoms with van der Waals surface area (Å²) >= 11 is 0. The lowest BCUT2D eigenvalue weighted by Gasteiger charge is -2.57. The fourth-order valence-corrected chi connectivity index (χ4v) is 10.9. The quantitative estimate of drug-likeness (QED) is 0.111. The lowest BCUT2D eigenvalue weighted by Crippen LogP contribution is -2.67. The molecule has 4 saturated heterocycles. The van der Waals surface area contributed by atoms with Gasteiger partial charge in [0.15, 0.2) is 11.2 Å². The average Bonchev–Trinajstić information content (AvgIpc) is 3.39. The van der Waals surface area contributed by atoms with Crippen LogP contribution >= 0.6 is 7.82 Å². The summed E-state index contributed by atoms with van der Waals surface area (Å²) < 4.78 is 141. The number of phosphoric ester groups is 1. The summed E-state index contributed by atoms with van der Waals surface area (Å²) in [7, 11) is -4.00. The van der Waals surface area contributed by atoms with Gasteiger partial charge < -0.3 is 18.9 Å². The van der Waals surface area contributed by atoms with Crippen LogP contribution in [0.15, 0.2) is 22.7 Å². The lowest BCUT2D eigenvalue weighted by atomic mass is 9.59. The van der Waals surface area contributed by atoms with Gasteiger partial charge in [-0.15, -0.1) is 0 Å². The van der Waals surface area contributed by atoms with Gasteiger partial charge in [-0.3, -0.25) is 18.8 Å². The molecule has 6 fully saturated rings. The zero-order valence-corrected chi connectivity index (χ0v) is 30.3. The zero-order valence-electron chi connectivity index (χ0n) is 29.4. The predicted octanol–water partition coefficient (Wildman–Crippen LogP) is 8.10. The highest BCUT2D eigenvalue weighted by Crippen LogP contribution is 2.63. The molecule has 2 aliphatic carbocycles. The van der Waals surface area contributed by atoms with Crippen molar-refractivity contribution >= 4 is 7.82 Å².